The van der Waals surface area contributed by atoms with Gasteiger partial charge in [0.15, 0.2) is 0 Å². The first-order valence-electron chi connectivity index (χ1n) is 7.35. The molecule has 110 valence electrons. The van der Waals surface area contributed by atoms with Crippen molar-refractivity contribution in [1.29, 1.82) is 0 Å². The van der Waals surface area contributed by atoms with Gasteiger partial charge in [-0.2, -0.15) is 5.10 Å². The Morgan fingerprint density at radius 1 is 1.29 bits per heavy atom. The largest absolute Gasteiger partial charge is 0.311 e. The third-order valence-electron chi connectivity index (χ3n) is 3.61. The summed E-state index contributed by atoms with van der Waals surface area (Å²) in [5.74, 6) is 0. The fourth-order valence-corrected chi connectivity index (χ4v) is 3.59. The minimum absolute atomic E-state index is 0.231. The maximum absolute atomic E-state index is 4.77. The van der Waals surface area contributed by atoms with E-state index in [0.717, 1.165) is 29.9 Å². The number of benzene rings is 1. The lowest BCUT2D eigenvalue weighted by molar-refractivity contribution is 0.523. The minimum atomic E-state index is 0.231. The molecule has 1 aromatic carbocycles. The maximum Gasteiger partial charge on any atom is 0.111 e. The molecule has 21 heavy (non-hydrogen) atoms. The molecule has 3 rings (SSSR count). The molecule has 4 nitrogen and oxygen atoms in total. The van der Waals surface area contributed by atoms with Crippen molar-refractivity contribution in [2.24, 2.45) is 0 Å². The van der Waals surface area contributed by atoms with E-state index in [9.17, 15) is 0 Å². The Hall–Kier alpha value is -1.72. The van der Waals surface area contributed by atoms with Gasteiger partial charge in [0.05, 0.1) is 16.3 Å². The van der Waals surface area contributed by atoms with E-state index in [1.165, 1.54) is 10.4 Å². The first kappa shape index (κ1) is 14.2. The molecule has 2 aromatic heterocycles. The molecular weight excluding hydrogens is 280 g/mol. The Morgan fingerprint density at radius 2 is 2.14 bits per heavy atom. The van der Waals surface area contributed by atoms with Crippen molar-refractivity contribution in [3.63, 3.8) is 0 Å². The number of aryl methyl sites for hydroxylation is 1. The Labute approximate surface area is 128 Å². The second kappa shape index (κ2) is 6.37. The number of para-hydroxylation sites is 1. The zero-order chi connectivity index (χ0) is 14.7. The highest BCUT2D eigenvalue weighted by molar-refractivity contribution is 7.18. The third-order valence-corrected chi connectivity index (χ3v) is 4.76. The van der Waals surface area contributed by atoms with Crippen LogP contribution in [0.1, 0.15) is 30.1 Å². The molecule has 0 radical (unpaired) electrons. The molecule has 0 saturated carbocycles. The number of aromatic nitrogens is 3. The number of thiazole rings is 1. The molecule has 1 N–H and O–H groups in total. The first-order chi connectivity index (χ1) is 10.3. The quantitative estimate of drug-likeness (QED) is 0.758. The van der Waals surface area contributed by atoms with Gasteiger partial charge in [-0.25, -0.2) is 4.98 Å². The highest BCUT2D eigenvalue weighted by Crippen LogP contribution is 2.28. The zero-order valence-electron chi connectivity index (χ0n) is 12.4. The normalized spacial score (nSPS) is 12.9. The summed E-state index contributed by atoms with van der Waals surface area (Å²) >= 11 is 1.77. The highest BCUT2D eigenvalue weighted by atomic mass is 32.1. The summed E-state index contributed by atoms with van der Waals surface area (Å²) in [6.45, 7) is 3.15. The van der Waals surface area contributed by atoms with Crippen LogP contribution in [-0.4, -0.2) is 21.8 Å². The number of hydrogen-bond acceptors (Lipinski definition) is 4. The number of fused-ring (bicyclic) bond motifs is 1. The van der Waals surface area contributed by atoms with Gasteiger partial charge in [-0.3, -0.25) is 4.68 Å². The van der Waals surface area contributed by atoms with E-state index in [-0.39, 0.29) is 6.04 Å². The predicted octanol–water partition coefficient (Wildman–Crippen LogP) is 3.41. The fourth-order valence-electron chi connectivity index (χ4n) is 2.51. The first-order valence-corrected chi connectivity index (χ1v) is 8.17. The summed E-state index contributed by atoms with van der Waals surface area (Å²) in [6, 6.07) is 10.6. The summed E-state index contributed by atoms with van der Waals surface area (Å²) in [7, 11) is 2.00. The van der Waals surface area contributed by atoms with Crippen LogP contribution in [0.15, 0.2) is 36.5 Å². The van der Waals surface area contributed by atoms with Crippen molar-refractivity contribution >= 4 is 21.6 Å². The zero-order valence-corrected chi connectivity index (χ0v) is 13.2. The van der Waals surface area contributed by atoms with Gasteiger partial charge < -0.3 is 5.32 Å². The van der Waals surface area contributed by atoms with Crippen molar-refractivity contribution in [1.82, 2.24) is 20.1 Å². The number of nitrogens with one attached hydrogen (secondary N) is 1. The van der Waals surface area contributed by atoms with E-state index in [4.69, 9.17) is 4.98 Å². The smallest absolute Gasteiger partial charge is 0.111 e. The fraction of sp³-hybridized carbons (Fsp3) is 0.375. The molecule has 0 saturated heterocycles. The number of hydrogen-bond donors (Lipinski definition) is 1. The summed E-state index contributed by atoms with van der Waals surface area (Å²) in [5.41, 5.74) is 2.34. The lowest BCUT2D eigenvalue weighted by Gasteiger charge is -2.14. The third kappa shape index (κ3) is 2.99. The monoisotopic (exact) mass is 300 g/mol. The van der Waals surface area contributed by atoms with E-state index in [1.807, 2.05) is 19.3 Å². The van der Waals surface area contributed by atoms with Gasteiger partial charge in [-0.1, -0.05) is 19.1 Å². The average Bonchev–Trinajstić information content (AvgIpc) is 3.11. The van der Waals surface area contributed by atoms with Crippen molar-refractivity contribution < 1.29 is 0 Å². The Balaban J connectivity index is 1.85. The molecular formula is C16H20N4S. The minimum Gasteiger partial charge on any atom is -0.311 e. The van der Waals surface area contributed by atoms with E-state index in [0.29, 0.717) is 0 Å². The molecule has 0 fully saturated rings. The summed E-state index contributed by atoms with van der Waals surface area (Å²) < 4.78 is 3.34. The molecule has 2 heterocycles. The standard InChI is InChI=1S/C16H20N4S/c1-3-10-20-12(8-9-18-20)11-14(17-2)16-19-13-6-4-5-7-15(13)21-16/h4-9,14,17H,3,10-11H2,1-2H3. The summed E-state index contributed by atoms with van der Waals surface area (Å²) in [4.78, 5) is 4.77. The molecule has 0 amide bonds. The van der Waals surface area contributed by atoms with Crippen LogP contribution in [0.3, 0.4) is 0 Å². The van der Waals surface area contributed by atoms with Crippen LogP contribution in [0.2, 0.25) is 0 Å². The molecule has 1 atom stereocenters. The van der Waals surface area contributed by atoms with Gasteiger partial charge >= 0.3 is 0 Å². The van der Waals surface area contributed by atoms with E-state index in [2.05, 4.69) is 46.3 Å². The Morgan fingerprint density at radius 3 is 2.90 bits per heavy atom. The molecule has 0 spiro atoms. The van der Waals surface area contributed by atoms with Gasteiger partial charge in [0.2, 0.25) is 0 Å². The van der Waals surface area contributed by atoms with Crippen LogP contribution in [0, 0.1) is 0 Å². The van der Waals surface area contributed by atoms with Crippen LogP contribution in [-0.2, 0) is 13.0 Å². The summed E-state index contributed by atoms with van der Waals surface area (Å²) in [6.07, 6.45) is 3.90. The topological polar surface area (TPSA) is 42.7 Å². The second-order valence-corrected chi connectivity index (χ2v) is 6.17. The SMILES string of the molecule is CCCn1nccc1CC(NC)c1nc2ccccc2s1. The van der Waals surface area contributed by atoms with Gasteiger partial charge in [-0.05, 0) is 31.7 Å². The molecule has 0 bridgehead atoms. The number of likely N-dealkylation sites (N-methyl/N-ethyl adjacent to an activating group) is 1. The number of rotatable bonds is 6. The molecule has 1 unspecified atom stereocenters. The Kier molecular flexibility index (Phi) is 4.31. The van der Waals surface area contributed by atoms with Crippen LogP contribution >= 0.6 is 11.3 Å². The van der Waals surface area contributed by atoms with Gasteiger partial charge in [0.25, 0.3) is 0 Å². The van der Waals surface area contributed by atoms with Crippen LogP contribution in [0.5, 0.6) is 0 Å². The van der Waals surface area contributed by atoms with Crippen LogP contribution in [0.25, 0.3) is 10.2 Å². The van der Waals surface area contributed by atoms with Crippen LogP contribution < -0.4 is 5.32 Å². The van der Waals surface area contributed by atoms with Crippen molar-refractivity contribution in [3.05, 3.63) is 47.2 Å². The molecule has 0 aliphatic heterocycles. The Bertz CT molecular complexity index is 683. The predicted molar refractivity (Wildman–Crippen MR) is 87.6 cm³/mol. The molecule has 3 aromatic rings. The molecule has 0 aliphatic carbocycles. The van der Waals surface area contributed by atoms with Gasteiger partial charge in [0.1, 0.15) is 5.01 Å². The van der Waals surface area contributed by atoms with E-state index in [1.54, 1.807) is 11.3 Å². The lowest BCUT2D eigenvalue weighted by atomic mass is 10.1. The van der Waals surface area contributed by atoms with Gasteiger partial charge in [0, 0.05) is 24.9 Å². The average molecular weight is 300 g/mol. The maximum atomic E-state index is 4.77. The second-order valence-electron chi connectivity index (χ2n) is 5.11. The highest BCUT2D eigenvalue weighted by Gasteiger charge is 2.17. The molecule has 5 heteroatoms. The van der Waals surface area contributed by atoms with E-state index >= 15 is 0 Å². The van der Waals surface area contributed by atoms with Crippen molar-refractivity contribution in [2.45, 2.75) is 32.4 Å². The lowest BCUT2D eigenvalue weighted by Crippen LogP contribution is -2.20. The van der Waals surface area contributed by atoms with E-state index < -0.39 is 0 Å². The van der Waals surface area contributed by atoms with Crippen molar-refractivity contribution in [2.75, 3.05) is 7.05 Å². The van der Waals surface area contributed by atoms with Crippen LogP contribution in [0.4, 0.5) is 0 Å². The summed E-state index contributed by atoms with van der Waals surface area (Å²) in [5, 5.41) is 8.94. The number of nitrogens with zero attached hydrogens (tertiary/aromatic N) is 3. The molecule has 0 aliphatic rings. The van der Waals surface area contributed by atoms with Gasteiger partial charge in [-0.15, -0.1) is 11.3 Å². The van der Waals surface area contributed by atoms with Crippen molar-refractivity contribution in [3.8, 4) is 0 Å².